The van der Waals surface area contributed by atoms with Gasteiger partial charge in [-0.05, 0) is 37.1 Å². The molecule has 0 fully saturated rings. The summed E-state index contributed by atoms with van der Waals surface area (Å²) < 4.78 is 18.3. The molecule has 0 radical (unpaired) electrons. The molecular weight excluding hydrogens is 297 g/mol. The van der Waals surface area contributed by atoms with Crippen LogP contribution >= 0.6 is 0 Å². The van der Waals surface area contributed by atoms with Gasteiger partial charge in [-0.3, -0.25) is 9.59 Å². The molecule has 0 aliphatic carbocycles. The van der Waals surface area contributed by atoms with E-state index in [4.69, 9.17) is 4.74 Å². The number of aryl methyl sites for hydroxylation is 2. The lowest BCUT2D eigenvalue weighted by atomic mass is 10.1. The molecule has 0 bridgehead atoms. The standard InChI is InChI=1S/C18H18FNO3/c1-12-7-8-16(13(2)9-12)20-17(21)11-23-18(22)10-14-5-3-4-6-15(14)19/h3-9H,10-11H2,1-2H3,(H,20,21). The Hall–Kier alpha value is -2.69. The van der Waals surface area contributed by atoms with E-state index < -0.39 is 24.3 Å². The third-order valence-electron chi connectivity index (χ3n) is 3.31. The van der Waals surface area contributed by atoms with Crippen LogP contribution in [0.15, 0.2) is 42.5 Å². The molecule has 0 heterocycles. The van der Waals surface area contributed by atoms with Crippen LogP contribution in [0.25, 0.3) is 0 Å². The Morgan fingerprint density at radius 1 is 1.13 bits per heavy atom. The van der Waals surface area contributed by atoms with Crippen molar-refractivity contribution >= 4 is 17.6 Å². The number of hydrogen-bond donors (Lipinski definition) is 1. The molecule has 0 atom stereocenters. The second-order valence-corrected chi connectivity index (χ2v) is 5.30. The molecule has 0 aromatic heterocycles. The number of ether oxygens (including phenoxy) is 1. The number of esters is 1. The molecular formula is C18H18FNO3. The van der Waals surface area contributed by atoms with Gasteiger partial charge in [0.15, 0.2) is 6.61 Å². The van der Waals surface area contributed by atoms with Gasteiger partial charge in [-0.25, -0.2) is 4.39 Å². The van der Waals surface area contributed by atoms with Crippen LogP contribution in [0.2, 0.25) is 0 Å². The van der Waals surface area contributed by atoms with Gasteiger partial charge in [0.1, 0.15) is 5.82 Å². The summed E-state index contributed by atoms with van der Waals surface area (Å²) in [6.45, 7) is 3.44. The highest BCUT2D eigenvalue weighted by Crippen LogP contribution is 2.15. The molecule has 2 aromatic carbocycles. The van der Waals surface area contributed by atoms with Crippen LogP contribution in [0.5, 0.6) is 0 Å². The Morgan fingerprint density at radius 2 is 1.87 bits per heavy atom. The normalized spacial score (nSPS) is 10.2. The average molecular weight is 315 g/mol. The number of benzene rings is 2. The Balaban J connectivity index is 1.84. The van der Waals surface area contributed by atoms with Crippen LogP contribution in [0.3, 0.4) is 0 Å². The maximum absolute atomic E-state index is 13.4. The topological polar surface area (TPSA) is 55.4 Å². The second-order valence-electron chi connectivity index (χ2n) is 5.30. The highest BCUT2D eigenvalue weighted by atomic mass is 19.1. The van der Waals surface area contributed by atoms with Crippen molar-refractivity contribution in [1.82, 2.24) is 0 Å². The zero-order valence-electron chi connectivity index (χ0n) is 13.1. The van der Waals surface area contributed by atoms with Gasteiger partial charge in [0, 0.05) is 5.69 Å². The summed E-state index contributed by atoms with van der Waals surface area (Å²) in [6, 6.07) is 11.6. The summed E-state index contributed by atoms with van der Waals surface area (Å²) >= 11 is 0. The van der Waals surface area contributed by atoms with Crippen LogP contribution < -0.4 is 5.32 Å². The fraction of sp³-hybridized carbons (Fsp3) is 0.222. The highest BCUT2D eigenvalue weighted by molar-refractivity contribution is 5.93. The number of nitrogens with one attached hydrogen (secondary N) is 1. The molecule has 23 heavy (non-hydrogen) atoms. The van der Waals surface area contributed by atoms with Crippen molar-refractivity contribution in [2.24, 2.45) is 0 Å². The Morgan fingerprint density at radius 3 is 2.57 bits per heavy atom. The van der Waals surface area contributed by atoms with Crippen molar-refractivity contribution in [3.05, 3.63) is 65.0 Å². The molecule has 5 heteroatoms. The lowest BCUT2D eigenvalue weighted by molar-refractivity contribution is -0.146. The van der Waals surface area contributed by atoms with Crippen molar-refractivity contribution in [2.45, 2.75) is 20.3 Å². The first-order valence-electron chi connectivity index (χ1n) is 7.22. The van der Waals surface area contributed by atoms with E-state index in [1.165, 1.54) is 12.1 Å². The van der Waals surface area contributed by atoms with Gasteiger partial charge in [-0.2, -0.15) is 0 Å². The zero-order valence-corrected chi connectivity index (χ0v) is 13.1. The molecule has 0 saturated carbocycles. The van der Waals surface area contributed by atoms with E-state index >= 15 is 0 Å². The van der Waals surface area contributed by atoms with Gasteiger partial charge in [-0.1, -0.05) is 35.9 Å². The Labute approximate surface area is 134 Å². The quantitative estimate of drug-likeness (QED) is 0.862. The number of carbonyl (C=O) groups excluding carboxylic acids is 2. The van der Waals surface area contributed by atoms with Gasteiger partial charge >= 0.3 is 5.97 Å². The summed E-state index contributed by atoms with van der Waals surface area (Å²) in [5.41, 5.74) is 2.94. The third-order valence-corrected chi connectivity index (χ3v) is 3.31. The maximum atomic E-state index is 13.4. The molecule has 2 rings (SSSR count). The molecule has 120 valence electrons. The lowest BCUT2D eigenvalue weighted by Gasteiger charge is -2.10. The molecule has 2 aromatic rings. The SMILES string of the molecule is Cc1ccc(NC(=O)COC(=O)Cc2ccccc2F)c(C)c1. The first kappa shape index (κ1) is 16.7. The third kappa shape index (κ3) is 4.92. The van der Waals surface area contributed by atoms with Crippen LogP contribution in [-0.4, -0.2) is 18.5 Å². The van der Waals surface area contributed by atoms with E-state index in [9.17, 15) is 14.0 Å². The van der Waals surface area contributed by atoms with Crippen molar-refractivity contribution in [2.75, 3.05) is 11.9 Å². The smallest absolute Gasteiger partial charge is 0.310 e. The molecule has 1 amide bonds. The number of hydrogen-bond acceptors (Lipinski definition) is 3. The lowest BCUT2D eigenvalue weighted by Crippen LogP contribution is -2.22. The first-order valence-corrected chi connectivity index (χ1v) is 7.22. The molecule has 0 saturated heterocycles. The molecule has 0 aliphatic heterocycles. The summed E-state index contributed by atoms with van der Waals surface area (Å²) in [5, 5.41) is 2.68. The van der Waals surface area contributed by atoms with Gasteiger partial charge in [0.05, 0.1) is 6.42 Å². The number of carbonyl (C=O) groups is 2. The minimum atomic E-state index is -0.647. The first-order chi connectivity index (χ1) is 11.0. The largest absolute Gasteiger partial charge is 0.455 e. The summed E-state index contributed by atoms with van der Waals surface area (Å²) in [7, 11) is 0. The molecule has 1 N–H and O–H groups in total. The summed E-state index contributed by atoms with van der Waals surface area (Å²) in [4.78, 5) is 23.5. The summed E-state index contributed by atoms with van der Waals surface area (Å²) in [6.07, 6.45) is -0.205. The minimum Gasteiger partial charge on any atom is -0.455 e. The van der Waals surface area contributed by atoms with E-state index in [0.29, 0.717) is 5.69 Å². The zero-order chi connectivity index (χ0) is 16.8. The predicted octanol–water partition coefficient (Wildman–Crippen LogP) is 3.17. The van der Waals surface area contributed by atoms with Gasteiger partial charge in [-0.15, -0.1) is 0 Å². The predicted molar refractivity (Wildman–Crippen MR) is 85.6 cm³/mol. The molecule has 0 spiro atoms. The second kappa shape index (κ2) is 7.54. The Bertz CT molecular complexity index is 728. The number of anilines is 1. The molecule has 0 aliphatic rings. The fourth-order valence-electron chi connectivity index (χ4n) is 2.13. The Kier molecular flexibility index (Phi) is 5.46. The molecule has 4 nitrogen and oxygen atoms in total. The van der Waals surface area contributed by atoms with Crippen LogP contribution in [0, 0.1) is 19.7 Å². The van der Waals surface area contributed by atoms with Crippen LogP contribution in [-0.2, 0) is 20.7 Å². The van der Waals surface area contributed by atoms with E-state index in [1.54, 1.807) is 18.2 Å². The van der Waals surface area contributed by atoms with Gasteiger partial charge in [0.25, 0.3) is 5.91 Å². The monoisotopic (exact) mass is 315 g/mol. The maximum Gasteiger partial charge on any atom is 0.310 e. The molecule has 0 unspecified atom stereocenters. The van der Waals surface area contributed by atoms with Crippen LogP contribution in [0.1, 0.15) is 16.7 Å². The van der Waals surface area contributed by atoms with E-state index in [1.807, 2.05) is 26.0 Å². The van der Waals surface area contributed by atoms with Gasteiger partial charge in [0.2, 0.25) is 0 Å². The van der Waals surface area contributed by atoms with E-state index in [2.05, 4.69) is 5.32 Å². The average Bonchev–Trinajstić information content (AvgIpc) is 2.50. The van der Waals surface area contributed by atoms with Crippen molar-refractivity contribution in [3.63, 3.8) is 0 Å². The summed E-state index contributed by atoms with van der Waals surface area (Å²) in [5.74, 6) is -1.55. The van der Waals surface area contributed by atoms with Crippen LogP contribution in [0.4, 0.5) is 10.1 Å². The number of amides is 1. The van der Waals surface area contributed by atoms with E-state index in [-0.39, 0.29) is 12.0 Å². The minimum absolute atomic E-state index is 0.205. The van der Waals surface area contributed by atoms with Crippen molar-refractivity contribution in [1.29, 1.82) is 0 Å². The fourth-order valence-corrected chi connectivity index (χ4v) is 2.13. The van der Waals surface area contributed by atoms with Crippen molar-refractivity contribution < 1.29 is 18.7 Å². The van der Waals surface area contributed by atoms with E-state index in [0.717, 1.165) is 11.1 Å². The van der Waals surface area contributed by atoms with Crippen molar-refractivity contribution in [3.8, 4) is 0 Å². The number of rotatable bonds is 5. The number of halogens is 1. The van der Waals surface area contributed by atoms with Gasteiger partial charge < -0.3 is 10.1 Å². The highest BCUT2D eigenvalue weighted by Gasteiger charge is 2.11.